The Balaban J connectivity index is 1.85. The number of hydrogen-bond acceptors (Lipinski definition) is 7. The predicted molar refractivity (Wildman–Crippen MR) is 97.2 cm³/mol. The van der Waals surface area contributed by atoms with Crippen molar-refractivity contribution in [3.63, 3.8) is 0 Å². The number of anilines is 2. The van der Waals surface area contributed by atoms with Gasteiger partial charge in [-0.05, 0) is 39.0 Å². The summed E-state index contributed by atoms with van der Waals surface area (Å²) in [6.45, 7) is 6.18. The van der Waals surface area contributed by atoms with Crippen molar-refractivity contribution in [3.8, 4) is 11.4 Å². The van der Waals surface area contributed by atoms with Crippen molar-refractivity contribution in [3.05, 3.63) is 48.3 Å². The minimum Gasteiger partial charge on any atom is -0.464 e. The topological polar surface area (TPSA) is 94.8 Å². The molecule has 134 valence electrons. The van der Waals surface area contributed by atoms with Gasteiger partial charge >= 0.3 is 5.97 Å². The molecule has 0 atom stereocenters. The third-order valence-electron chi connectivity index (χ3n) is 3.83. The van der Waals surface area contributed by atoms with Crippen molar-refractivity contribution in [1.82, 2.24) is 24.5 Å². The number of hydrogen-bond donors (Lipinski definition) is 1. The first kappa shape index (κ1) is 17.5. The number of carbonyl (C=O) groups is 1. The summed E-state index contributed by atoms with van der Waals surface area (Å²) >= 11 is 0. The van der Waals surface area contributed by atoms with E-state index in [1.54, 1.807) is 18.3 Å². The van der Waals surface area contributed by atoms with Gasteiger partial charge in [0, 0.05) is 12.2 Å². The van der Waals surface area contributed by atoms with Gasteiger partial charge in [-0.2, -0.15) is 0 Å². The van der Waals surface area contributed by atoms with Crippen LogP contribution in [-0.4, -0.2) is 37.6 Å². The Labute approximate surface area is 151 Å². The molecule has 3 aromatic heterocycles. The average Bonchev–Trinajstić information content (AvgIpc) is 3.04. The van der Waals surface area contributed by atoms with Gasteiger partial charge in [0.25, 0.3) is 0 Å². The number of methoxy groups -OCH3 is 1. The molecule has 0 saturated heterocycles. The van der Waals surface area contributed by atoms with Crippen LogP contribution in [0.1, 0.15) is 36.2 Å². The SMILES string of the molecule is COC(=O)c1ccc(Nc2nccc(-c3cnc(C)n3C(C)C)n2)cn1. The molecular formula is C18H20N6O2. The number of aromatic nitrogens is 5. The van der Waals surface area contributed by atoms with Crippen molar-refractivity contribution in [2.75, 3.05) is 12.4 Å². The first-order valence-electron chi connectivity index (χ1n) is 8.18. The molecule has 3 heterocycles. The van der Waals surface area contributed by atoms with Crippen LogP contribution >= 0.6 is 0 Å². The molecule has 0 bridgehead atoms. The molecule has 1 N–H and O–H groups in total. The Hall–Kier alpha value is -3.29. The molecule has 0 aliphatic carbocycles. The Morgan fingerprint density at radius 1 is 1.15 bits per heavy atom. The molecule has 0 aromatic carbocycles. The van der Waals surface area contributed by atoms with E-state index in [-0.39, 0.29) is 11.7 Å². The highest BCUT2D eigenvalue weighted by Crippen LogP contribution is 2.24. The summed E-state index contributed by atoms with van der Waals surface area (Å²) in [5.41, 5.74) is 2.62. The van der Waals surface area contributed by atoms with Crippen LogP contribution in [0.2, 0.25) is 0 Å². The fourth-order valence-electron chi connectivity index (χ4n) is 2.68. The average molecular weight is 352 g/mol. The lowest BCUT2D eigenvalue weighted by Crippen LogP contribution is -2.07. The highest BCUT2D eigenvalue weighted by atomic mass is 16.5. The second kappa shape index (κ2) is 7.30. The lowest BCUT2D eigenvalue weighted by Gasteiger charge is -2.14. The van der Waals surface area contributed by atoms with E-state index >= 15 is 0 Å². The van der Waals surface area contributed by atoms with Crippen LogP contribution in [0.25, 0.3) is 11.4 Å². The number of nitrogens with zero attached hydrogens (tertiary/aromatic N) is 5. The molecule has 3 rings (SSSR count). The Morgan fingerprint density at radius 3 is 2.62 bits per heavy atom. The molecule has 0 aliphatic rings. The summed E-state index contributed by atoms with van der Waals surface area (Å²) in [5, 5.41) is 3.09. The van der Waals surface area contributed by atoms with Crippen molar-refractivity contribution in [2.24, 2.45) is 0 Å². The largest absolute Gasteiger partial charge is 0.464 e. The third-order valence-corrected chi connectivity index (χ3v) is 3.83. The van der Waals surface area contributed by atoms with Crippen LogP contribution in [0, 0.1) is 6.92 Å². The molecule has 0 spiro atoms. The molecule has 0 fully saturated rings. The van der Waals surface area contributed by atoms with Gasteiger partial charge < -0.3 is 14.6 Å². The van der Waals surface area contributed by atoms with Gasteiger partial charge in [0.05, 0.1) is 36.6 Å². The summed E-state index contributed by atoms with van der Waals surface area (Å²) in [6.07, 6.45) is 5.03. The molecule has 8 heteroatoms. The van der Waals surface area contributed by atoms with Gasteiger partial charge in [0.15, 0.2) is 0 Å². The van der Waals surface area contributed by atoms with Gasteiger partial charge in [-0.15, -0.1) is 0 Å². The number of rotatable bonds is 5. The van der Waals surface area contributed by atoms with Crippen molar-refractivity contribution < 1.29 is 9.53 Å². The van der Waals surface area contributed by atoms with Crippen LogP contribution < -0.4 is 5.32 Å². The van der Waals surface area contributed by atoms with Crippen LogP contribution in [0.15, 0.2) is 36.8 Å². The van der Waals surface area contributed by atoms with Crippen LogP contribution in [0.5, 0.6) is 0 Å². The second-order valence-electron chi connectivity index (χ2n) is 5.97. The molecule has 0 amide bonds. The quantitative estimate of drug-likeness (QED) is 0.705. The number of ether oxygens (including phenoxy) is 1. The number of esters is 1. The highest BCUT2D eigenvalue weighted by molar-refractivity contribution is 5.87. The van der Waals surface area contributed by atoms with Gasteiger partial charge in [-0.3, -0.25) is 0 Å². The zero-order valence-corrected chi connectivity index (χ0v) is 15.1. The fourth-order valence-corrected chi connectivity index (χ4v) is 2.68. The van der Waals surface area contributed by atoms with E-state index in [2.05, 4.69) is 48.4 Å². The van der Waals surface area contributed by atoms with E-state index in [4.69, 9.17) is 0 Å². The van der Waals surface area contributed by atoms with Gasteiger partial charge in [0.2, 0.25) is 5.95 Å². The number of carbonyl (C=O) groups excluding carboxylic acids is 1. The normalized spacial score (nSPS) is 10.8. The lowest BCUT2D eigenvalue weighted by molar-refractivity contribution is 0.0594. The first-order valence-corrected chi connectivity index (χ1v) is 8.18. The Kier molecular flexibility index (Phi) is 4.92. The van der Waals surface area contributed by atoms with E-state index < -0.39 is 5.97 Å². The maximum absolute atomic E-state index is 11.4. The summed E-state index contributed by atoms with van der Waals surface area (Å²) in [4.78, 5) is 28.7. The minimum atomic E-state index is -0.480. The minimum absolute atomic E-state index is 0.240. The van der Waals surface area contributed by atoms with Crippen molar-refractivity contribution in [1.29, 1.82) is 0 Å². The van der Waals surface area contributed by atoms with E-state index in [0.717, 1.165) is 17.2 Å². The summed E-state index contributed by atoms with van der Waals surface area (Å²) in [6, 6.07) is 5.42. The molecule has 26 heavy (non-hydrogen) atoms. The monoisotopic (exact) mass is 352 g/mol. The summed E-state index contributed by atoms with van der Waals surface area (Å²) in [5.74, 6) is 0.891. The molecular weight excluding hydrogens is 332 g/mol. The smallest absolute Gasteiger partial charge is 0.356 e. The number of aryl methyl sites for hydroxylation is 1. The van der Waals surface area contributed by atoms with Crippen molar-refractivity contribution in [2.45, 2.75) is 26.8 Å². The van der Waals surface area contributed by atoms with Gasteiger partial charge in [-0.1, -0.05) is 0 Å². The third kappa shape index (κ3) is 3.53. The Morgan fingerprint density at radius 2 is 1.96 bits per heavy atom. The lowest BCUT2D eigenvalue weighted by atomic mass is 10.2. The fraction of sp³-hybridized carbons (Fsp3) is 0.278. The second-order valence-corrected chi connectivity index (χ2v) is 5.97. The van der Waals surface area contributed by atoms with Crippen LogP contribution in [0.4, 0.5) is 11.6 Å². The molecule has 8 nitrogen and oxygen atoms in total. The molecule has 0 unspecified atom stereocenters. The zero-order chi connectivity index (χ0) is 18.7. The highest BCUT2D eigenvalue weighted by Gasteiger charge is 2.13. The number of imidazole rings is 1. The van der Waals surface area contributed by atoms with Gasteiger partial charge in [-0.25, -0.2) is 24.7 Å². The van der Waals surface area contributed by atoms with E-state index in [9.17, 15) is 4.79 Å². The van der Waals surface area contributed by atoms with E-state index in [1.165, 1.54) is 13.3 Å². The zero-order valence-electron chi connectivity index (χ0n) is 15.1. The molecule has 0 saturated carbocycles. The molecule has 0 radical (unpaired) electrons. The summed E-state index contributed by atoms with van der Waals surface area (Å²) < 4.78 is 6.76. The standard InChI is InChI=1S/C18H20N6O2/c1-11(2)24-12(3)20-10-16(24)14-7-8-19-18(23-14)22-13-5-6-15(21-9-13)17(25)26-4/h5-11H,1-4H3,(H,19,22,23). The van der Waals surface area contributed by atoms with Crippen LogP contribution in [0.3, 0.4) is 0 Å². The van der Waals surface area contributed by atoms with Crippen molar-refractivity contribution >= 4 is 17.6 Å². The first-order chi connectivity index (χ1) is 12.5. The van der Waals surface area contributed by atoms with E-state index in [1.807, 2.05) is 19.2 Å². The summed E-state index contributed by atoms with van der Waals surface area (Å²) in [7, 11) is 1.32. The van der Waals surface area contributed by atoms with E-state index in [0.29, 0.717) is 11.6 Å². The maximum Gasteiger partial charge on any atom is 0.356 e. The molecule has 3 aromatic rings. The maximum atomic E-state index is 11.4. The van der Waals surface area contributed by atoms with Gasteiger partial charge in [0.1, 0.15) is 11.5 Å². The molecule has 0 aliphatic heterocycles. The van der Waals surface area contributed by atoms with Crippen LogP contribution in [-0.2, 0) is 4.74 Å². The predicted octanol–water partition coefficient (Wildman–Crippen LogP) is 3.15. The Bertz CT molecular complexity index is 918. The number of pyridine rings is 1. The number of nitrogens with one attached hydrogen (secondary N) is 1.